The molecule has 1 aromatic carbocycles. The normalized spacial score (nSPS) is 17.5. The van der Waals surface area contributed by atoms with E-state index in [0.717, 1.165) is 24.4 Å². The minimum Gasteiger partial charge on any atom is -0.334 e. The summed E-state index contributed by atoms with van der Waals surface area (Å²) in [6.07, 6.45) is 5.56. The van der Waals surface area contributed by atoms with Gasteiger partial charge in [0.1, 0.15) is 5.69 Å². The summed E-state index contributed by atoms with van der Waals surface area (Å²) in [7, 11) is 0.834. The molecule has 1 fully saturated rings. The van der Waals surface area contributed by atoms with E-state index in [1.54, 1.807) is 15.5 Å². The van der Waals surface area contributed by atoms with E-state index in [-0.39, 0.29) is 16.5 Å². The maximum Gasteiger partial charge on any atom is 0.272 e. The number of carbonyl (C=O) groups excluding carboxylic acids is 2. The van der Waals surface area contributed by atoms with E-state index in [4.69, 9.17) is 11.6 Å². The fourth-order valence-electron chi connectivity index (χ4n) is 3.85. The zero-order valence-corrected chi connectivity index (χ0v) is 20.9. The number of hydrogen-bond acceptors (Lipinski definition) is 5. The van der Waals surface area contributed by atoms with E-state index in [2.05, 4.69) is 16.9 Å². The molecule has 0 spiro atoms. The molecule has 2 heterocycles. The third-order valence-corrected chi connectivity index (χ3v) is 8.73. The van der Waals surface area contributed by atoms with Crippen LogP contribution >= 0.6 is 11.6 Å². The van der Waals surface area contributed by atoms with E-state index >= 15 is 0 Å². The molecule has 1 amide bonds. The zero-order chi connectivity index (χ0) is 24.2. The number of benzene rings is 1. The smallest absolute Gasteiger partial charge is 0.272 e. The van der Waals surface area contributed by atoms with Gasteiger partial charge in [0.15, 0.2) is 12.1 Å². The maximum absolute atomic E-state index is 12.9. The van der Waals surface area contributed by atoms with E-state index in [1.807, 2.05) is 45.2 Å². The highest BCUT2D eigenvalue weighted by Crippen LogP contribution is 2.46. The lowest BCUT2D eigenvalue weighted by molar-refractivity contribution is 0.0700. The third kappa shape index (κ3) is 5.62. The molecule has 9 heteroatoms. The van der Waals surface area contributed by atoms with Gasteiger partial charge in [-0.1, -0.05) is 29.8 Å². The first-order chi connectivity index (χ1) is 15.7. The summed E-state index contributed by atoms with van der Waals surface area (Å²) < 4.78 is 13.7. The fraction of sp³-hybridized carbons (Fsp3) is 0.458. The molecule has 33 heavy (non-hydrogen) atoms. The summed E-state index contributed by atoms with van der Waals surface area (Å²) in [6, 6.07) is 7.82. The van der Waals surface area contributed by atoms with Crippen molar-refractivity contribution in [2.45, 2.75) is 49.3 Å². The maximum atomic E-state index is 12.9. The Bertz CT molecular complexity index is 1040. The second-order valence-corrected chi connectivity index (χ2v) is 11.8. The highest BCUT2D eigenvalue weighted by Gasteiger charge is 2.54. The summed E-state index contributed by atoms with van der Waals surface area (Å²) in [5, 5.41) is 3.85. The van der Waals surface area contributed by atoms with E-state index in [0.29, 0.717) is 31.6 Å². The summed E-state index contributed by atoms with van der Waals surface area (Å²) in [5.41, 5.74) is 1.69. The topological polar surface area (TPSA) is 84.3 Å². The van der Waals surface area contributed by atoms with Gasteiger partial charge in [0.05, 0.1) is 15.7 Å². The van der Waals surface area contributed by atoms with Crippen LogP contribution in [0.15, 0.2) is 43.1 Å². The molecule has 1 aliphatic carbocycles. The molecular weight excluding hydrogens is 460 g/mol. The van der Waals surface area contributed by atoms with Gasteiger partial charge in [-0.15, -0.1) is 6.58 Å². The van der Waals surface area contributed by atoms with E-state index in [1.165, 1.54) is 11.8 Å². The minimum absolute atomic E-state index is 0.142. The van der Waals surface area contributed by atoms with Crippen molar-refractivity contribution in [3.63, 3.8) is 0 Å². The Kier molecular flexibility index (Phi) is 7.92. The van der Waals surface area contributed by atoms with Gasteiger partial charge >= 0.3 is 0 Å². The first kappa shape index (κ1) is 25.3. The first-order valence-electron chi connectivity index (χ1n) is 10.9. The molecule has 1 atom stereocenters. The predicted molar refractivity (Wildman–Crippen MR) is 132 cm³/mol. The van der Waals surface area contributed by atoms with Gasteiger partial charge in [0.25, 0.3) is 5.91 Å². The Morgan fingerprint density at radius 1 is 1.27 bits per heavy atom. The van der Waals surface area contributed by atoms with Crippen LogP contribution < -0.4 is 5.32 Å². The fourth-order valence-corrected chi connectivity index (χ4v) is 5.99. The van der Waals surface area contributed by atoms with Gasteiger partial charge in [-0.05, 0) is 51.4 Å². The highest BCUT2D eigenvalue weighted by molar-refractivity contribution is 7.88. The lowest BCUT2D eigenvalue weighted by Gasteiger charge is -2.34. The molecule has 7 nitrogen and oxygen atoms in total. The molecule has 1 N–H and O–H groups in total. The summed E-state index contributed by atoms with van der Waals surface area (Å²) in [5.74, 6) is 0.141. The molecule has 1 saturated carbocycles. The molecule has 4 rings (SSSR count). The number of halogens is 1. The molecule has 0 bridgehead atoms. The van der Waals surface area contributed by atoms with Crippen molar-refractivity contribution in [3.05, 3.63) is 65.2 Å². The molecule has 1 aliphatic heterocycles. The standard InChI is InChI=1S/C16H21N3O3S.C8H10ClN/c1-4-15(2,3)23(22)16(5-6-16)11-18-7-8-19-12(14(18)21)9-17-13(19)10-20;1-10-6-7-2-4-8(9)5-3-7/h4,9-10H,1,5-8,11H2,2-3H3;2-5,10H,6H2,1H3. The van der Waals surface area contributed by atoms with Crippen molar-refractivity contribution < 1.29 is 13.8 Å². The number of fused-ring (bicyclic) bond motifs is 1. The molecule has 2 aliphatic rings. The monoisotopic (exact) mass is 490 g/mol. The SMILES string of the molecule is C=CC(C)(C)S(=O)C1(CN2CCn3c(cnc3C=O)C2=O)CC1.CNCc1ccc(Cl)cc1. The van der Waals surface area contributed by atoms with Crippen LogP contribution in [0.2, 0.25) is 5.02 Å². The van der Waals surface area contributed by atoms with Crippen molar-refractivity contribution in [2.24, 2.45) is 0 Å². The average Bonchev–Trinajstić information content (AvgIpc) is 3.47. The Morgan fingerprint density at radius 2 is 1.94 bits per heavy atom. The van der Waals surface area contributed by atoms with Gasteiger partial charge in [-0.3, -0.25) is 13.8 Å². The number of rotatable bonds is 8. The molecule has 0 radical (unpaired) electrons. The first-order valence-corrected chi connectivity index (χ1v) is 12.4. The number of imidazole rings is 1. The van der Waals surface area contributed by atoms with Crippen LogP contribution in [0.5, 0.6) is 0 Å². The molecule has 1 aromatic heterocycles. The number of amides is 1. The van der Waals surface area contributed by atoms with Crippen LogP contribution in [0.3, 0.4) is 0 Å². The Hall–Kier alpha value is -2.29. The van der Waals surface area contributed by atoms with Crippen molar-refractivity contribution in [2.75, 3.05) is 20.1 Å². The number of carbonyl (C=O) groups is 2. The van der Waals surface area contributed by atoms with Crippen molar-refractivity contribution in [1.29, 1.82) is 0 Å². The second kappa shape index (κ2) is 10.3. The summed E-state index contributed by atoms with van der Waals surface area (Å²) >= 11 is 5.69. The van der Waals surface area contributed by atoms with Crippen molar-refractivity contribution in [3.8, 4) is 0 Å². The van der Waals surface area contributed by atoms with E-state index in [9.17, 15) is 13.8 Å². The van der Waals surface area contributed by atoms with Gasteiger partial charge in [-0.25, -0.2) is 4.98 Å². The Labute approximate surface area is 202 Å². The van der Waals surface area contributed by atoms with Gasteiger partial charge < -0.3 is 14.8 Å². The molecule has 1 unspecified atom stereocenters. The van der Waals surface area contributed by atoms with Crippen LogP contribution in [-0.2, 0) is 23.9 Å². The second-order valence-electron chi connectivity index (χ2n) is 8.91. The zero-order valence-electron chi connectivity index (χ0n) is 19.3. The predicted octanol–water partition coefficient (Wildman–Crippen LogP) is 3.46. The number of nitrogens with one attached hydrogen (secondary N) is 1. The van der Waals surface area contributed by atoms with Gasteiger partial charge in [0, 0.05) is 42.0 Å². The highest BCUT2D eigenvalue weighted by atomic mass is 35.5. The van der Waals surface area contributed by atoms with Crippen LogP contribution in [0.4, 0.5) is 0 Å². The van der Waals surface area contributed by atoms with Gasteiger partial charge in [-0.2, -0.15) is 0 Å². The van der Waals surface area contributed by atoms with Crippen LogP contribution in [-0.4, -0.2) is 60.5 Å². The number of aldehydes is 1. The number of hydrogen-bond donors (Lipinski definition) is 1. The Balaban J connectivity index is 0.000000257. The van der Waals surface area contributed by atoms with Crippen LogP contribution in [0, 0.1) is 0 Å². The number of aromatic nitrogens is 2. The Morgan fingerprint density at radius 3 is 2.48 bits per heavy atom. The number of nitrogens with zero attached hydrogens (tertiary/aromatic N) is 3. The van der Waals surface area contributed by atoms with E-state index < -0.39 is 15.5 Å². The van der Waals surface area contributed by atoms with Crippen LogP contribution in [0.1, 0.15) is 53.4 Å². The largest absolute Gasteiger partial charge is 0.334 e. The lowest BCUT2D eigenvalue weighted by atomic mass is 10.2. The molecular formula is C24H31ClN4O3S. The van der Waals surface area contributed by atoms with Crippen LogP contribution in [0.25, 0.3) is 0 Å². The summed E-state index contributed by atoms with van der Waals surface area (Å²) in [6.45, 7) is 10.1. The van der Waals surface area contributed by atoms with Crippen molar-refractivity contribution in [1.82, 2.24) is 19.8 Å². The minimum atomic E-state index is -1.09. The molecule has 2 aromatic rings. The third-order valence-electron chi connectivity index (χ3n) is 6.04. The molecule has 178 valence electrons. The summed E-state index contributed by atoms with van der Waals surface area (Å²) in [4.78, 5) is 29.3. The molecule has 0 saturated heterocycles. The lowest BCUT2D eigenvalue weighted by Crippen LogP contribution is -2.48. The van der Waals surface area contributed by atoms with Crippen molar-refractivity contribution >= 4 is 34.6 Å². The average molecular weight is 491 g/mol. The quantitative estimate of drug-likeness (QED) is 0.452. The van der Waals surface area contributed by atoms with Gasteiger partial charge in [0.2, 0.25) is 0 Å².